The van der Waals surface area contributed by atoms with Gasteiger partial charge in [-0.2, -0.15) is 0 Å². The predicted molar refractivity (Wildman–Crippen MR) is 86.6 cm³/mol. The summed E-state index contributed by atoms with van der Waals surface area (Å²) in [5.41, 5.74) is -0.700. The van der Waals surface area contributed by atoms with Crippen LogP contribution in [0.1, 0.15) is 58.8 Å². The van der Waals surface area contributed by atoms with Crippen LogP contribution in [0.3, 0.4) is 0 Å². The predicted octanol–water partition coefficient (Wildman–Crippen LogP) is 1.59. The van der Waals surface area contributed by atoms with Gasteiger partial charge in [-0.05, 0) is 31.6 Å². The zero-order valence-electron chi connectivity index (χ0n) is 14.1. The highest BCUT2D eigenvalue weighted by Crippen LogP contribution is 2.27. The molecule has 1 unspecified atom stereocenters. The van der Waals surface area contributed by atoms with E-state index in [2.05, 4.69) is 24.5 Å². The summed E-state index contributed by atoms with van der Waals surface area (Å²) in [5.74, 6) is 0.240. The molecule has 0 radical (unpaired) electrons. The maximum atomic E-state index is 12.5. The summed E-state index contributed by atoms with van der Waals surface area (Å²) < 4.78 is 5.37. The molecule has 1 heterocycles. The summed E-state index contributed by atoms with van der Waals surface area (Å²) in [6, 6.07) is 0.153. The third kappa shape index (κ3) is 5.21. The molecule has 5 heteroatoms. The standard InChI is InChI=1S/C17H32N2O3/c1-13(2)15(19-14-6-10-22-11-7-14)16(20)18-12-17(21)8-4-3-5-9-17/h13-15,19,21H,3-12H2,1-2H3,(H,18,20). The van der Waals surface area contributed by atoms with Gasteiger partial charge in [0.15, 0.2) is 0 Å². The Morgan fingerprint density at radius 1 is 1.23 bits per heavy atom. The summed E-state index contributed by atoms with van der Waals surface area (Å²) >= 11 is 0. The molecule has 1 atom stereocenters. The van der Waals surface area contributed by atoms with Crippen molar-refractivity contribution in [1.82, 2.24) is 10.6 Å². The van der Waals surface area contributed by atoms with E-state index in [0.29, 0.717) is 12.6 Å². The first kappa shape index (κ1) is 17.7. The molecule has 1 aliphatic heterocycles. The van der Waals surface area contributed by atoms with Crippen LogP contribution in [0.4, 0.5) is 0 Å². The second-order valence-electron chi connectivity index (χ2n) is 7.28. The summed E-state index contributed by atoms with van der Waals surface area (Å²) in [6.45, 7) is 6.04. The van der Waals surface area contributed by atoms with Crippen LogP contribution in [0.15, 0.2) is 0 Å². The molecule has 2 rings (SSSR count). The smallest absolute Gasteiger partial charge is 0.237 e. The summed E-state index contributed by atoms with van der Waals surface area (Å²) in [4.78, 5) is 12.5. The highest BCUT2D eigenvalue weighted by molar-refractivity contribution is 5.82. The second-order valence-corrected chi connectivity index (χ2v) is 7.28. The minimum absolute atomic E-state index is 0.0143. The topological polar surface area (TPSA) is 70.6 Å². The van der Waals surface area contributed by atoms with Crippen molar-refractivity contribution in [1.29, 1.82) is 0 Å². The van der Waals surface area contributed by atoms with E-state index in [4.69, 9.17) is 4.74 Å². The van der Waals surface area contributed by atoms with Gasteiger partial charge < -0.3 is 20.5 Å². The number of hydrogen-bond acceptors (Lipinski definition) is 4. The molecule has 5 nitrogen and oxygen atoms in total. The quantitative estimate of drug-likeness (QED) is 0.696. The number of rotatable bonds is 6. The lowest BCUT2D eigenvalue weighted by Crippen LogP contribution is -2.55. The Morgan fingerprint density at radius 2 is 1.86 bits per heavy atom. The van der Waals surface area contributed by atoms with Crippen LogP contribution in [-0.4, -0.2) is 48.5 Å². The Kier molecular flexibility index (Phi) is 6.66. The Bertz CT molecular complexity index is 348. The lowest BCUT2D eigenvalue weighted by Gasteiger charge is -2.34. The van der Waals surface area contributed by atoms with Gasteiger partial charge in [0, 0.05) is 25.8 Å². The van der Waals surface area contributed by atoms with E-state index in [9.17, 15) is 9.90 Å². The molecule has 0 spiro atoms. The van der Waals surface area contributed by atoms with E-state index < -0.39 is 5.60 Å². The van der Waals surface area contributed by atoms with E-state index in [0.717, 1.165) is 51.7 Å². The number of amides is 1. The van der Waals surface area contributed by atoms with Crippen molar-refractivity contribution >= 4 is 5.91 Å². The van der Waals surface area contributed by atoms with Crippen LogP contribution >= 0.6 is 0 Å². The molecule has 2 fully saturated rings. The summed E-state index contributed by atoms with van der Waals surface area (Å²) in [5, 5.41) is 17.0. The molecule has 1 saturated heterocycles. The van der Waals surface area contributed by atoms with Crippen LogP contribution in [0.25, 0.3) is 0 Å². The number of carbonyl (C=O) groups excluding carboxylic acids is 1. The number of nitrogens with one attached hydrogen (secondary N) is 2. The Labute approximate surface area is 134 Å². The fourth-order valence-corrected chi connectivity index (χ4v) is 3.44. The molecule has 3 N–H and O–H groups in total. The molecule has 0 aromatic carbocycles. The van der Waals surface area contributed by atoms with Gasteiger partial charge in [-0.1, -0.05) is 33.1 Å². The molecule has 1 amide bonds. The molecule has 128 valence electrons. The minimum Gasteiger partial charge on any atom is -0.388 e. The van der Waals surface area contributed by atoms with Gasteiger partial charge in [-0.25, -0.2) is 0 Å². The van der Waals surface area contributed by atoms with Crippen LogP contribution in [0, 0.1) is 5.92 Å². The van der Waals surface area contributed by atoms with Crippen molar-refractivity contribution in [2.75, 3.05) is 19.8 Å². The maximum Gasteiger partial charge on any atom is 0.237 e. The van der Waals surface area contributed by atoms with Crippen molar-refractivity contribution in [2.24, 2.45) is 5.92 Å². The second kappa shape index (κ2) is 8.27. The van der Waals surface area contributed by atoms with Crippen LogP contribution in [-0.2, 0) is 9.53 Å². The zero-order chi connectivity index (χ0) is 16.0. The first-order chi connectivity index (χ1) is 10.5. The Morgan fingerprint density at radius 3 is 2.45 bits per heavy atom. The van der Waals surface area contributed by atoms with Crippen molar-refractivity contribution in [3.8, 4) is 0 Å². The molecule has 0 aromatic heterocycles. The number of carbonyl (C=O) groups is 1. The normalized spacial score (nSPS) is 24.2. The van der Waals surface area contributed by atoms with E-state index in [1.54, 1.807) is 0 Å². The van der Waals surface area contributed by atoms with Gasteiger partial charge in [-0.3, -0.25) is 4.79 Å². The molecule has 2 aliphatic rings. The van der Waals surface area contributed by atoms with Crippen molar-refractivity contribution < 1.29 is 14.6 Å². The van der Waals surface area contributed by atoms with Crippen LogP contribution in [0.5, 0.6) is 0 Å². The average Bonchev–Trinajstić information content (AvgIpc) is 2.52. The Balaban J connectivity index is 1.83. The SMILES string of the molecule is CC(C)C(NC1CCOCC1)C(=O)NCC1(O)CCCCC1. The zero-order valence-corrected chi connectivity index (χ0v) is 14.1. The molecule has 22 heavy (non-hydrogen) atoms. The van der Waals surface area contributed by atoms with E-state index >= 15 is 0 Å². The Hall–Kier alpha value is -0.650. The maximum absolute atomic E-state index is 12.5. The van der Waals surface area contributed by atoms with Crippen molar-refractivity contribution in [3.63, 3.8) is 0 Å². The van der Waals surface area contributed by atoms with Gasteiger partial charge >= 0.3 is 0 Å². The average molecular weight is 312 g/mol. The van der Waals surface area contributed by atoms with Crippen molar-refractivity contribution in [3.05, 3.63) is 0 Å². The largest absolute Gasteiger partial charge is 0.388 e. The molecule has 1 aliphatic carbocycles. The molecular formula is C17H32N2O3. The number of aliphatic hydroxyl groups is 1. The fourth-order valence-electron chi connectivity index (χ4n) is 3.44. The monoisotopic (exact) mass is 312 g/mol. The summed E-state index contributed by atoms with van der Waals surface area (Å²) in [7, 11) is 0. The molecule has 0 bridgehead atoms. The van der Waals surface area contributed by atoms with Gasteiger partial charge in [0.1, 0.15) is 0 Å². The first-order valence-electron chi connectivity index (χ1n) is 8.84. The fraction of sp³-hybridized carbons (Fsp3) is 0.941. The van der Waals surface area contributed by atoms with Gasteiger partial charge in [0.25, 0.3) is 0 Å². The molecule has 0 aromatic rings. The lowest BCUT2D eigenvalue weighted by molar-refractivity contribution is -0.126. The van der Waals surface area contributed by atoms with Crippen LogP contribution in [0.2, 0.25) is 0 Å². The first-order valence-corrected chi connectivity index (χ1v) is 8.84. The minimum atomic E-state index is -0.700. The lowest BCUT2D eigenvalue weighted by atomic mass is 9.85. The number of ether oxygens (including phenoxy) is 1. The third-order valence-electron chi connectivity index (χ3n) is 4.96. The molecular weight excluding hydrogens is 280 g/mol. The van der Waals surface area contributed by atoms with Gasteiger partial charge in [-0.15, -0.1) is 0 Å². The number of hydrogen-bond donors (Lipinski definition) is 3. The highest BCUT2D eigenvalue weighted by atomic mass is 16.5. The highest BCUT2D eigenvalue weighted by Gasteiger charge is 2.32. The van der Waals surface area contributed by atoms with E-state index in [-0.39, 0.29) is 17.9 Å². The third-order valence-corrected chi connectivity index (χ3v) is 4.96. The van der Waals surface area contributed by atoms with Gasteiger partial charge in [0.2, 0.25) is 5.91 Å². The molecule has 1 saturated carbocycles. The van der Waals surface area contributed by atoms with E-state index in [1.807, 2.05) is 0 Å². The summed E-state index contributed by atoms with van der Waals surface area (Å²) in [6.07, 6.45) is 6.82. The van der Waals surface area contributed by atoms with Crippen molar-refractivity contribution in [2.45, 2.75) is 76.5 Å². The van der Waals surface area contributed by atoms with E-state index in [1.165, 1.54) is 6.42 Å². The van der Waals surface area contributed by atoms with Gasteiger partial charge in [0.05, 0.1) is 11.6 Å². The van der Waals surface area contributed by atoms with Crippen LogP contribution < -0.4 is 10.6 Å².